The summed E-state index contributed by atoms with van der Waals surface area (Å²) in [6, 6.07) is 8.33. The Morgan fingerprint density at radius 3 is 2.92 bits per heavy atom. The zero-order valence-electron chi connectivity index (χ0n) is 8.12. The third kappa shape index (κ3) is 1.44. The monoisotopic (exact) mass is 174 g/mol. The highest BCUT2D eigenvalue weighted by Crippen LogP contribution is 2.25. The van der Waals surface area contributed by atoms with Crippen LogP contribution in [0, 0.1) is 0 Å². The molecule has 2 nitrogen and oxygen atoms in total. The largest absolute Gasteiger partial charge is 0.356 e. The third-order valence-electron chi connectivity index (χ3n) is 2.47. The van der Waals surface area contributed by atoms with Crippen molar-refractivity contribution in [3.05, 3.63) is 29.8 Å². The van der Waals surface area contributed by atoms with Crippen LogP contribution in [-0.2, 0) is 6.54 Å². The van der Waals surface area contributed by atoms with Gasteiger partial charge in [-0.05, 0) is 25.5 Å². The van der Waals surface area contributed by atoms with E-state index in [0.29, 0.717) is 0 Å². The first-order valence-corrected chi connectivity index (χ1v) is 4.69. The summed E-state index contributed by atoms with van der Waals surface area (Å²) in [5.41, 5.74) is 2.46. The quantitative estimate of drug-likeness (QED) is 0.639. The molecule has 0 amide bonds. The Morgan fingerprint density at radius 2 is 2.15 bits per heavy atom. The summed E-state index contributed by atoms with van der Waals surface area (Å²) in [6.07, 6.45) is 0. The lowest BCUT2D eigenvalue weighted by Gasteiger charge is -2.27. The molecule has 1 aromatic carbocycles. The van der Waals surface area contributed by atoms with Crippen LogP contribution >= 0.6 is 0 Å². The van der Waals surface area contributed by atoms with Crippen molar-refractivity contribution in [1.82, 2.24) is 4.90 Å². The normalized spacial score (nSPS) is 15.2. The molecule has 0 bridgehead atoms. The maximum Gasteiger partial charge on any atom is 0.102 e. The van der Waals surface area contributed by atoms with E-state index >= 15 is 0 Å². The van der Waals surface area contributed by atoms with Gasteiger partial charge in [0.15, 0.2) is 0 Å². The zero-order valence-corrected chi connectivity index (χ0v) is 8.12. The number of nitrogens with zero attached hydrogens (tertiary/aromatic N) is 2. The molecule has 2 rings (SSSR count). The molecule has 1 aliphatic heterocycles. The summed E-state index contributed by atoms with van der Waals surface area (Å²) in [6.45, 7) is 6.26. The van der Waals surface area contributed by atoms with E-state index in [9.17, 15) is 0 Å². The Balaban J connectivity index is 2.40. The molecule has 0 saturated heterocycles. The second kappa shape index (κ2) is 3.21. The lowest BCUT2D eigenvalue weighted by molar-refractivity contribution is 0.427. The molecule has 1 aliphatic rings. The summed E-state index contributed by atoms with van der Waals surface area (Å²) in [4.78, 5) is 6.82. The van der Waals surface area contributed by atoms with Crippen molar-refractivity contribution < 1.29 is 0 Å². The Bertz CT molecular complexity index is 342. The van der Waals surface area contributed by atoms with Gasteiger partial charge in [-0.3, -0.25) is 0 Å². The van der Waals surface area contributed by atoms with Gasteiger partial charge in [-0.1, -0.05) is 18.2 Å². The molecule has 1 heterocycles. The third-order valence-corrected chi connectivity index (χ3v) is 2.47. The van der Waals surface area contributed by atoms with Crippen LogP contribution in [0.1, 0.15) is 19.4 Å². The van der Waals surface area contributed by atoms with Crippen LogP contribution in [-0.4, -0.2) is 17.3 Å². The molecular weight excluding hydrogens is 160 g/mol. The second-order valence-electron chi connectivity index (χ2n) is 3.30. The van der Waals surface area contributed by atoms with Gasteiger partial charge < -0.3 is 4.90 Å². The predicted molar refractivity (Wildman–Crippen MR) is 55.3 cm³/mol. The Kier molecular flexibility index (Phi) is 2.05. The Morgan fingerprint density at radius 1 is 1.38 bits per heavy atom. The van der Waals surface area contributed by atoms with E-state index in [4.69, 9.17) is 0 Å². The number of para-hydroxylation sites is 1. The van der Waals surface area contributed by atoms with Gasteiger partial charge in [-0.15, -0.1) is 0 Å². The molecule has 0 radical (unpaired) electrons. The van der Waals surface area contributed by atoms with Crippen LogP contribution in [0.5, 0.6) is 0 Å². The zero-order chi connectivity index (χ0) is 9.26. The van der Waals surface area contributed by atoms with Crippen molar-refractivity contribution in [2.24, 2.45) is 4.99 Å². The molecule has 1 aromatic rings. The summed E-state index contributed by atoms with van der Waals surface area (Å²) in [5, 5.41) is 0. The van der Waals surface area contributed by atoms with Crippen molar-refractivity contribution in [3.8, 4) is 0 Å². The molecule has 0 fully saturated rings. The van der Waals surface area contributed by atoms with Crippen molar-refractivity contribution in [3.63, 3.8) is 0 Å². The summed E-state index contributed by atoms with van der Waals surface area (Å²) < 4.78 is 0. The van der Waals surface area contributed by atoms with Gasteiger partial charge >= 0.3 is 0 Å². The van der Waals surface area contributed by atoms with Gasteiger partial charge in [-0.2, -0.15) is 0 Å². The lowest BCUT2D eigenvalue weighted by atomic mass is 10.1. The van der Waals surface area contributed by atoms with Gasteiger partial charge in [0.25, 0.3) is 0 Å². The van der Waals surface area contributed by atoms with Crippen molar-refractivity contribution in [2.75, 3.05) is 6.54 Å². The number of fused-ring (bicyclic) bond motifs is 1. The number of hydrogen-bond acceptors (Lipinski definition) is 2. The molecule has 0 unspecified atom stereocenters. The molecule has 68 valence electrons. The molecule has 0 saturated carbocycles. The number of aliphatic imine (C=N–C) groups is 1. The number of benzene rings is 1. The molecule has 13 heavy (non-hydrogen) atoms. The first kappa shape index (κ1) is 8.30. The average Bonchev–Trinajstić information content (AvgIpc) is 2.17. The van der Waals surface area contributed by atoms with Crippen molar-refractivity contribution in [2.45, 2.75) is 20.4 Å². The fourth-order valence-corrected chi connectivity index (χ4v) is 1.66. The lowest BCUT2D eigenvalue weighted by Crippen LogP contribution is -2.30. The van der Waals surface area contributed by atoms with E-state index in [2.05, 4.69) is 41.9 Å². The first-order chi connectivity index (χ1) is 6.31. The molecule has 2 heteroatoms. The summed E-state index contributed by atoms with van der Waals surface area (Å²) >= 11 is 0. The van der Waals surface area contributed by atoms with E-state index in [1.165, 1.54) is 5.56 Å². The maximum absolute atomic E-state index is 4.54. The molecule has 0 aromatic heterocycles. The van der Waals surface area contributed by atoms with Gasteiger partial charge in [0, 0.05) is 13.1 Å². The minimum absolute atomic E-state index is 1.00. The molecule has 0 N–H and O–H groups in total. The molecular formula is C11H14N2. The summed E-state index contributed by atoms with van der Waals surface area (Å²) in [5.74, 6) is 1.13. The van der Waals surface area contributed by atoms with E-state index < -0.39 is 0 Å². The minimum Gasteiger partial charge on any atom is -0.356 e. The molecule has 0 aliphatic carbocycles. The van der Waals surface area contributed by atoms with E-state index in [0.717, 1.165) is 24.6 Å². The highest BCUT2D eigenvalue weighted by atomic mass is 15.2. The van der Waals surface area contributed by atoms with Gasteiger partial charge in [0.2, 0.25) is 0 Å². The van der Waals surface area contributed by atoms with Crippen LogP contribution in [0.2, 0.25) is 0 Å². The fourth-order valence-electron chi connectivity index (χ4n) is 1.66. The summed E-state index contributed by atoms with van der Waals surface area (Å²) in [7, 11) is 0. The number of hydrogen-bond donors (Lipinski definition) is 0. The number of amidine groups is 1. The van der Waals surface area contributed by atoms with Crippen molar-refractivity contribution >= 4 is 11.5 Å². The van der Waals surface area contributed by atoms with Crippen molar-refractivity contribution in [1.29, 1.82) is 0 Å². The standard InChI is InChI=1S/C11H14N2/c1-3-13-8-10-6-4-5-7-11(10)12-9(13)2/h4-7H,3,8H2,1-2H3. The minimum atomic E-state index is 1.00. The first-order valence-electron chi connectivity index (χ1n) is 4.69. The van der Waals surface area contributed by atoms with Crippen LogP contribution in [0.25, 0.3) is 0 Å². The van der Waals surface area contributed by atoms with E-state index in [1.54, 1.807) is 0 Å². The SMILES string of the molecule is CCN1Cc2ccccc2N=C1C. The molecule has 0 atom stereocenters. The van der Waals surface area contributed by atoms with Crippen LogP contribution in [0.4, 0.5) is 5.69 Å². The van der Waals surface area contributed by atoms with Gasteiger partial charge in [-0.25, -0.2) is 4.99 Å². The number of rotatable bonds is 1. The smallest absolute Gasteiger partial charge is 0.102 e. The van der Waals surface area contributed by atoms with Crippen LogP contribution < -0.4 is 0 Å². The van der Waals surface area contributed by atoms with Gasteiger partial charge in [0.1, 0.15) is 5.84 Å². The fraction of sp³-hybridized carbons (Fsp3) is 0.364. The maximum atomic E-state index is 4.54. The second-order valence-corrected chi connectivity index (χ2v) is 3.30. The van der Waals surface area contributed by atoms with Gasteiger partial charge in [0.05, 0.1) is 5.69 Å². The Hall–Kier alpha value is -1.31. The highest BCUT2D eigenvalue weighted by molar-refractivity contribution is 5.84. The highest BCUT2D eigenvalue weighted by Gasteiger charge is 2.13. The van der Waals surface area contributed by atoms with Crippen LogP contribution in [0.3, 0.4) is 0 Å². The van der Waals surface area contributed by atoms with E-state index in [1.807, 2.05) is 6.07 Å². The van der Waals surface area contributed by atoms with E-state index in [-0.39, 0.29) is 0 Å². The Labute approximate surface area is 78.9 Å². The van der Waals surface area contributed by atoms with Crippen LogP contribution in [0.15, 0.2) is 29.3 Å². The molecule has 0 spiro atoms. The average molecular weight is 174 g/mol. The topological polar surface area (TPSA) is 15.6 Å². The predicted octanol–water partition coefficient (Wildman–Crippen LogP) is 2.57.